The van der Waals surface area contributed by atoms with Crippen molar-refractivity contribution < 1.29 is 14.6 Å². The Morgan fingerprint density at radius 1 is 1.43 bits per heavy atom. The Kier molecular flexibility index (Phi) is 3.43. The lowest BCUT2D eigenvalue weighted by atomic mass is 10.3. The standard InChI is InChI=1S/C8H7Cl2NO3/c1-14-7-5(9)2-4(3-6(7)10)11-8(12)13/h2-3,11H,1H3,(H,12,13). The molecule has 0 aliphatic heterocycles. The zero-order chi connectivity index (χ0) is 10.7. The molecule has 0 unspecified atom stereocenters. The van der Waals surface area contributed by atoms with Gasteiger partial charge in [-0.3, -0.25) is 5.32 Å². The summed E-state index contributed by atoms with van der Waals surface area (Å²) in [5.41, 5.74) is 0.299. The van der Waals surface area contributed by atoms with E-state index in [1.807, 2.05) is 0 Å². The number of halogens is 2. The van der Waals surface area contributed by atoms with E-state index in [0.717, 1.165) is 0 Å². The molecule has 0 atom stereocenters. The lowest BCUT2D eigenvalue weighted by molar-refractivity contribution is 0.210. The van der Waals surface area contributed by atoms with Crippen molar-refractivity contribution in [1.82, 2.24) is 0 Å². The third kappa shape index (κ3) is 2.43. The molecule has 6 heteroatoms. The molecule has 0 spiro atoms. The first kappa shape index (κ1) is 10.9. The van der Waals surface area contributed by atoms with Crippen LogP contribution in [-0.2, 0) is 0 Å². The van der Waals surface area contributed by atoms with Gasteiger partial charge in [0.2, 0.25) is 0 Å². The molecule has 14 heavy (non-hydrogen) atoms. The fourth-order valence-electron chi connectivity index (χ4n) is 0.951. The van der Waals surface area contributed by atoms with Crippen molar-refractivity contribution in [3.8, 4) is 5.75 Å². The monoisotopic (exact) mass is 235 g/mol. The van der Waals surface area contributed by atoms with Crippen molar-refractivity contribution in [1.29, 1.82) is 0 Å². The first-order valence-corrected chi connectivity index (χ1v) is 4.33. The summed E-state index contributed by atoms with van der Waals surface area (Å²) in [7, 11) is 1.43. The second-order valence-electron chi connectivity index (χ2n) is 2.40. The number of carbonyl (C=O) groups is 1. The third-order valence-corrected chi connectivity index (χ3v) is 2.02. The zero-order valence-corrected chi connectivity index (χ0v) is 8.69. The number of hydrogen-bond donors (Lipinski definition) is 2. The van der Waals surface area contributed by atoms with Crippen molar-refractivity contribution in [2.45, 2.75) is 0 Å². The average Bonchev–Trinajstić information content (AvgIpc) is 2.01. The van der Waals surface area contributed by atoms with E-state index in [2.05, 4.69) is 5.32 Å². The Morgan fingerprint density at radius 3 is 2.29 bits per heavy atom. The summed E-state index contributed by atoms with van der Waals surface area (Å²) in [5, 5.41) is 11.1. The molecule has 0 radical (unpaired) electrons. The van der Waals surface area contributed by atoms with Crippen LogP contribution >= 0.6 is 23.2 Å². The van der Waals surface area contributed by atoms with Gasteiger partial charge in [-0.25, -0.2) is 4.79 Å². The van der Waals surface area contributed by atoms with E-state index < -0.39 is 6.09 Å². The van der Waals surface area contributed by atoms with Crippen LogP contribution in [0.25, 0.3) is 0 Å². The number of amides is 1. The van der Waals surface area contributed by atoms with E-state index in [0.29, 0.717) is 11.4 Å². The number of benzene rings is 1. The average molecular weight is 236 g/mol. The summed E-state index contributed by atoms with van der Waals surface area (Å²) < 4.78 is 4.90. The highest BCUT2D eigenvalue weighted by Gasteiger charge is 2.09. The van der Waals surface area contributed by atoms with E-state index in [1.165, 1.54) is 19.2 Å². The van der Waals surface area contributed by atoms with Gasteiger partial charge in [0, 0.05) is 5.69 Å². The van der Waals surface area contributed by atoms with Crippen LogP contribution in [0.4, 0.5) is 10.5 Å². The quantitative estimate of drug-likeness (QED) is 0.829. The normalized spacial score (nSPS) is 9.64. The molecular formula is C8H7Cl2NO3. The van der Waals surface area contributed by atoms with Gasteiger partial charge in [0.15, 0.2) is 5.75 Å². The van der Waals surface area contributed by atoms with Crippen LogP contribution in [0.2, 0.25) is 10.0 Å². The largest absolute Gasteiger partial charge is 0.494 e. The zero-order valence-electron chi connectivity index (χ0n) is 7.17. The number of anilines is 1. The van der Waals surface area contributed by atoms with Gasteiger partial charge in [0.05, 0.1) is 17.2 Å². The number of rotatable bonds is 2. The lowest BCUT2D eigenvalue weighted by Gasteiger charge is -2.07. The van der Waals surface area contributed by atoms with Gasteiger partial charge in [-0.1, -0.05) is 23.2 Å². The summed E-state index contributed by atoms with van der Waals surface area (Å²) in [5.74, 6) is 0.323. The van der Waals surface area contributed by atoms with Gasteiger partial charge < -0.3 is 9.84 Å². The van der Waals surface area contributed by atoms with Crippen LogP contribution in [0.3, 0.4) is 0 Å². The second kappa shape index (κ2) is 4.39. The molecule has 1 rings (SSSR count). The molecule has 4 nitrogen and oxygen atoms in total. The van der Waals surface area contributed by atoms with Crippen molar-refractivity contribution in [2.24, 2.45) is 0 Å². The first-order valence-electron chi connectivity index (χ1n) is 3.57. The van der Waals surface area contributed by atoms with Gasteiger partial charge in [0.25, 0.3) is 0 Å². The molecule has 0 bridgehead atoms. The van der Waals surface area contributed by atoms with Crippen molar-refractivity contribution >= 4 is 35.0 Å². The maximum absolute atomic E-state index is 10.3. The molecule has 0 heterocycles. The van der Waals surface area contributed by atoms with Gasteiger partial charge in [-0.15, -0.1) is 0 Å². The number of hydrogen-bond acceptors (Lipinski definition) is 2. The summed E-state index contributed by atoms with van der Waals surface area (Å²) in [6.45, 7) is 0. The Morgan fingerprint density at radius 2 is 1.93 bits per heavy atom. The highest BCUT2D eigenvalue weighted by atomic mass is 35.5. The molecule has 1 aromatic carbocycles. The lowest BCUT2D eigenvalue weighted by Crippen LogP contribution is -2.07. The van der Waals surface area contributed by atoms with Crippen LogP contribution < -0.4 is 10.1 Å². The first-order chi connectivity index (χ1) is 6.54. The molecule has 0 saturated carbocycles. The van der Waals surface area contributed by atoms with Crippen molar-refractivity contribution in [2.75, 3.05) is 12.4 Å². The van der Waals surface area contributed by atoms with Gasteiger partial charge in [0.1, 0.15) is 0 Å². The Balaban J connectivity index is 3.07. The van der Waals surface area contributed by atoms with Crippen LogP contribution in [-0.4, -0.2) is 18.3 Å². The maximum atomic E-state index is 10.3. The number of ether oxygens (including phenoxy) is 1. The Labute approximate surface area is 90.4 Å². The van der Waals surface area contributed by atoms with E-state index in [1.54, 1.807) is 0 Å². The molecule has 2 N–H and O–H groups in total. The molecule has 0 aliphatic carbocycles. The predicted molar refractivity (Wildman–Crippen MR) is 54.7 cm³/mol. The van der Waals surface area contributed by atoms with E-state index in [-0.39, 0.29) is 10.0 Å². The molecule has 0 fully saturated rings. The fraction of sp³-hybridized carbons (Fsp3) is 0.125. The Bertz CT molecular complexity index is 345. The summed E-state index contributed by atoms with van der Waals surface area (Å²) in [6, 6.07) is 2.83. The molecule has 0 saturated heterocycles. The van der Waals surface area contributed by atoms with Crippen LogP contribution in [0.5, 0.6) is 5.75 Å². The van der Waals surface area contributed by atoms with Gasteiger partial charge >= 0.3 is 6.09 Å². The highest BCUT2D eigenvalue weighted by Crippen LogP contribution is 2.35. The predicted octanol–water partition coefficient (Wildman–Crippen LogP) is 3.09. The summed E-state index contributed by atoms with van der Waals surface area (Å²) >= 11 is 11.6. The smallest absolute Gasteiger partial charge is 0.409 e. The van der Waals surface area contributed by atoms with Crippen molar-refractivity contribution in [3.63, 3.8) is 0 Å². The highest BCUT2D eigenvalue weighted by molar-refractivity contribution is 6.37. The maximum Gasteiger partial charge on any atom is 0.409 e. The van der Waals surface area contributed by atoms with E-state index in [9.17, 15) is 4.79 Å². The summed E-state index contributed by atoms with van der Waals surface area (Å²) in [6.07, 6.45) is -1.18. The number of methoxy groups -OCH3 is 1. The molecule has 0 aliphatic rings. The van der Waals surface area contributed by atoms with E-state index >= 15 is 0 Å². The molecule has 76 valence electrons. The van der Waals surface area contributed by atoms with Crippen LogP contribution in [0.15, 0.2) is 12.1 Å². The number of carboxylic acid groups (broad SMARTS) is 1. The molecule has 0 aromatic heterocycles. The van der Waals surface area contributed by atoms with Gasteiger partial charge in [-0.2, -0.15) is 0 Å². The minimum absolute atomic E-state index is 0.253. The minimum atomic E-state index is -1.18. The van der Waals surface area contributed by atoms with Crippen LogP contribution in [0.1, 0.15) is 0 Å². The fourth-order valence-corrected chi connectivity index (χ4v) is 1.59. The second-order valence-corrected chi connectivity index (χ2v) is 3.22. The van der Waals surface area contributed by atoms with Gasteiger partial charge in [-0.05, 0) is 12.1 Å². The topological polar surface area (TPSA) is 58.6 Å². The minimum Gasteiger partial charge on any atom is -0.494 e. The number of nitrogens with one attached hydrogen (secondary N) is 1. The Hall–Kier alpha value is -1.13. The van der Waals surface area contributed by atoms with Crippen LogP contribution in [0, 0.1) is 0 Å². The van der Waals surface area contributed by atoms with Crippen molar-refractivity contribution in [3.05, 3.63) is 22.2 Å². The molecular weight excluding hydrogens is 229 g/mol. The summed E-state index contributed by atoms with van der Waals surface area (Å²) in [4.78, 5) is 10.3. The van der Waals surface area contributed by atoms with E-state index in [4.69, 9.17) is 33.0 Å². The molecule has 1 amide bonds. The molecule has 1 aromatic rings. The SMILES string of the molecule is COc1c(Cl)cc(NC(=O)O)cc1Cl. The third-order valence-electron chi connectivity index (χ3n) is 1.45.